The summed E-state index contributed by atoms with van der Waals surface area (Å²) >= 11 is 7.27. The molecule has 7 rings (SSSR count). The van der Waals surface area contributed by atoms with Gasteiger partial charge in [-0.05, 0) is 90.5 Å². The first-order chi connectivity index (χ1) is 24.3. The molecule has 51 heavy (non-hydrogen) atoms. The van der Waals surface area contributed by atoms with E-state index in [2.05, 4.69) is 17.7 Å². The number of rotatable bonds is 8. The Balaban J connectivity index is 1.26. The number of amides is 2. The fourth-order valence-electron chi connectivity index (χ4n) is 7.97. The lowest BCUT2D eigenvalue weighted by Gasteiger charge is -2.58. The number of aromatic nitrogens is 4. The molecule has 11 nitrogen and oxygen atoms in total. The van der Waals surface area contributed by atoms with Crippen molar-refractivity contribution in [2.75, 3.05) is 47.0 Å². The zero-order valence-electron chi connectivity index (χ0n) is 30.8. The van der Waals surface area contributed by atoms with E-state index >= 15 is 0 Å². The molecule has 4 aromatic rings. The van der Waals surface area contributed by atoms with Gasteiger partial charge in [0, 0.05) is 79.1 Å². The summed E-state index contributed by atoms with van der Waals surface area (Å²) in [7, 11) is 3.41. The third-order valence-electron chi connectivity index (χ3n) is 10.6. The highest BCUT2D eigenvalue weighted by Crippen LogP contribution is 2.55. The molecule has 1 aliphatic carbocycles. The van der Waals surface area contributed by atoms with Gasteiger partial charge in [-0.3, -0.25) is 9.48 Å². The van der Waals surface area contributed by atoms with E-state index in [1.54, 1.807) is 24.0 Å². The Labute approximate surface area is 304 Å². The van der Waals surface area contributed by atoms with Gasteiger partial charge in [-0.15, -0.1) is 0 Å². The number of ether oxygens (including phenoxy) is 3. The number of fused-ring (bicyclic) bond motifs is 1. The van der Waals surface area contributed by atoms with Gasteiger partial charge in [0.1, 0.15) is 11.3 Å². The van der Waals surface area contributed by atoms with Crippen molar-refractivity contribution in [3.63, 3.8) is 0 Å². The number of carbonyl (C=O) groups excluding carboxylic acids is 2. The lowest BCUT2D eigenvalue weighted by atomic mass is 9.61. The molecule has 0 N–H and O–H groups in total. The van der Waals surface area contributed by atoms with Gasteiger partial charge in [0.2, 0.25) is 0 Å². The standard InChI is InChI=1S/C39H49ClN6O5/c1-24-18-30-29(21-41-46(30)31-10-8-9-16-50-31)33(34(24)40)32-25(2)45(28-19-39(20-28)22-44(23-39)37(48)51-38(3,4)5)42-35(32)26-11-13-27(14-12-26)36(47)43(6)15-17-49-7/h11-14,18,21,28,31H,8-10,15-17,19-20,22-23H2,1-7H3. The molecule has 3 fully saturated rings. The van der Waals surface area contributed by atoms with E-state index in [4.69, 9.17) is 36.0 Å². The SMILES string of the molecule is COCCN(C)C(=O)c1ccc(-c2nn(C3CC4(C3)CN(C(=O)OC(C)(C)C)C4)c(C)c2-c2c(Cl)c(C)cc3c2cnn3C2CCCCO2)cc1. The van der Waals surface area contributed by atoms with Gasteiger partial charge in [-0.25, -0.2) is 9.48 Å². The largest absolute Gasteiger partial charge is 0.444 e. The Morgan fingerprint density at radius 1 is 1.08 bits per heavy atom. The number of aryl methyl sites for hydroxylation is 1. The molecule has 1 atom stereocenters. The highest BCUT2D eigenvalue weighted by Gasteiger charge is 2.55. The number of methoxy groups -OCH3 is 1. The molecule has 3 aliphatic rings. The minimum Gasteiger partial charge on any atom is -0.444 e. The van der Waals surface area contributed by atoms with Gasteiger partial charge in [0.15, 0.2) is 6.23 Å². The highest BCUT2D eigenvalue weighted by atomic mass is 35.5. The highest BCUT2D eigenvalue weighted by molar-refractivity contribution is 6.36. The lowest BCUT2D eigenvalue weighted by Crippen LogP contribution is -2.64. The first-order valence-electron chi connectivity index (χ1n) is 18.0. The van der Waals surface area contributed by atoms with Crippen LogP contribution in [-0.2, 0) is 14.2 Å². The summed E-state index contributed by atoms with van der Waals surface area (Å²) in [5, 5.41) is 11.8. The number of likely N-dealkylation sites (tertiary alicyclic amines) is 1. The number of nitrogens with zero attached hydrogens (tertiary/aromatic N) is 6. The van der Waals surface area contributed by atoms with Crippen LogP contribution >= 0.6 is 11.6 Å². The average molecular weight is 717 g/mol. The monoisotopic (exact) mass is 716 g/mol. The third kappa shape index (κ3) is 6.64. The van der Waals surface area contributed by atoms with Crippen LogP contribution in [0.3, 0.4) is 0 Å². The summed E-state index contributed by atoms with van der Waals surface area (Å²) in [6.45, 7) is 12.9. The molecule has 12 heteroatoms. The number of benzene rings is 2. The number of likely N-dealkylation sites (N-methyl/N-ethyl adjacent to an activating group) is 1. The minimum atomic E-state index is -0.519. The molecular formula is C39H49ClN6O5. The molecular weight excluding hydrogens is 668 g/mol. The zero-order valence-corrected chi connectivity index (χ0v) is 31.5. The van der Waals surface area contributed by atoms with Gasteiger partial charge >= 0.3 is 6.09 Å². The second-order valence-electron chi connectivity index (χ2n) is 15.7. The van der Waals surface area contributed by atoms with E-state index < -0.39 is 5.60 Å². The van der Waals surface area contributed by atoms with E-state index in [0.29, 0.717) is 36.8 Å². The molecule has 272 valence electrons. The summed E-state index contributed by atoms with van der Waals surface area (Å²) in [4.78, 5) is 29.3. The maximum atomic E-state index is 13.2. The Kier molecular flexibility index (Phi) is 9.43. The molecule has 1 saturated carbocycles. The van der Waals surface area contributed by atoms with Crippen LogP contribution in [0.2, 0.25) is 5.02 Å². The van der Waals surface area contributed by atoms with E-state index in [1.165, 1.54) is 0 Å². The van der Waals surface area contributed by atoms with Crippen molar-refractivity contribution in [1.82, 2.24) is 29.4 Å². The molecule has 2 amide bonds. The number of hydrogen-bond acceptors (Lipinski definition) is 7. The van der Waals surface area contributed by atoms with Crippen molar-refractivity contribution < 1.29 is 23.8 Å². The van der Waals surface area contributed by atoms with Crippen LogP contribution in [0.1, 0.15) is 86.8 Å². The predicted octanol–water partition coefficient (Wildman–Crippen LogP) is 7.83. The van der Waals surface area contributed by atoms with E-state index in [1.807, 2.05) is 62.8 Å². The topological polar surface area (TPSA) is 104 Å². The first-order valence-corrected chi connectivity index (χ1v) is 18.4. The summed E-state index contributed by atoms with van der Waals surface area (Å²) in [5.41, 5.74) is 6.67. The normalized spacial score (nSPS) is 18.9. The fraction of sp³-hybridized carbons (Fsp3) is 0.538. The van der Waals surface area contributed by atoms with E-state index in [-0.39, 0.29) is 29.7 Å². The third-order valence-corrected chi connectivity index (χ3v) is 11.1. The second-order valence-corrected chi connectivity index (χ2v) is 16.1. The quantitative estimate of drug-likeness (QED) is 0.183. The smallest absolute Gasteiger partial charge is 0.410 e. The Morgan fingerprint density at radius 3 is 2.45 bits per heavy atom. The fourth-order valence-corrected chi connectivity index (χ4v) is 8.22. The zero-order chi connectivity index (χ0) is 36.2. The van der Waals surface area contributed by atoms with Crippen LogP contribution in [0.25, 0.3) is 33.3 Å². The Hall–Kier alpha value is -3.93. The van der Waals surface area contributed by atoms with E-state index in [9.17, 15) is 9.59 Å². The van der Waals surface area contributed by atoms with Crippen molar-refractivity contribution in [2.45, 2.75) is 84.6 Å². The van der Waals surface area contributed by atoms with Crippen molar-refractivity contribution in [3.8, 4) is 22.4 Å². The maximum Gasteiger partial charge on any atom is 0.410 e. The van der Waals surface area contributed by atoms with Crippen molar-refractivity contribution in [1.29, 1.82) is 0 Å². The summed E-state index contributed by atoms with van der Waals surface area (Å²) in [6, 6.07) is 9.95. The van der Waals surface area contributed by atoms with Crippen LogP contribution in [0, 0.1) is 19.3 Å². The van der Waals surface area contributed by atoms with Gasteiger partial charge in [-0.1, -0.05) is 23.7 Å². The number of carbonyl (C=O) groups is 2. The average Bonchev–Trinajstić information content (AvgIpc) is 3.63. The van der Waals surface area contributed by atoms with Gasteiger partial charge in [0.25, 0.3) is 5.91 Å². The molecule has 2 aromatic heterocycles. The van der Waals surface area contributed by atoms with Crippen LogP contribution in [0.4, 0.5) is 4.79 Å². The second kappa shape index (κ2) is 13.6. The Morgan fingerprint density at radius 2 is 1.80 bits per heavy atom. The summed E-state index contributed by atoms with van der Waals surface area (Å²) < 4.78 is 21.1. The van der Waals surface area contributed by atoms with Gasteiger partial charge < -0.3 is 24.0 Å². The summed E-state index contributed by atoms with van der Waals surface area (Å²) in [6.07, 6.45) is 6.45. The number of halogens is 1. The van der Waals surface area contributed by atoms with Gasteiger partial charge in [0.05, 0.1) is 29.4 Å². The van der Waals surface area contributed by atoms with Crippen molar-refractivity contribution >= 4 is 34.5 Å². The van der Waals surface area contributed by atoms with Crippen LogP contribution < -0.4 is 0 Å². The maximum absolute atomic E-state index is 13.2. The van der Waals surface area contributed by atoms with Crippen LogP contribution in [0.5, 0.6) is 0 Å². The molecule has 4 heterocycles. The van der Waals surface area contributed by atoms with Crippen molar-refractivity contribution in [3.05, 3.63) is 58.4 Å². The molecule has 2 aromatic carbocycles. The first kappa shape index (κ1) is 35.5. The molecule has 0 bridgehead atoms. The predicted molar refractivity (Wildman–Crippen MR) is 197 cm³/mol. The molecule has 0 radical (unpaired) electrons. The van der Waals surface area contributed by atoms with Gasteiger partial charge in [-0.2, -0.15) is 10.2 Å². The van der Waals surface area contributed by atoms with Crippen molar-refractivity contribution in [2.24, 2.45) is 5.41 Å². The van der Waals surface area contributed by atoms with Crippen LogP contribution in [0.15, 0.2) is 36.5 Å². The lowest BCUT2D eigenvalue weighted by molar-refractivity contribution is -0.0930. The minimum absolute atomic E-state index is 0.0676. The molecule has 2 saturated heterocycles. The molecule has 2 aliphatic heterocycles. The Bertz CT molecular complexity index is 1940. The van der Waals surface area contributed by atoms with E-state index in [0.717, 1.165) is 83.3 Å². The number of hydrogen-bond donors (Lipinski definition) is 0. The summed E-state index contributed by atoms with van der Waals surface area (Å²) in [5.74, 6) is -0.0676. The molecule has 1 spiro atoms. The molecule has 1 unspecified atom stereocenters. The van der Waals surface area contributed by atoms with Crippen LogP contribution in [-0.4, -0.2) is 94.0 Å².